The minimum Gasteiger partial charge on any atom is -0.376 e. The molecule has 0 aromatic heterocycles. The highest BCUT2D eigenvalue weighted by Gasteiger charge is 2.25. The summed E-state index contributed by atoms with van der Waals surface area (Å²) >= 11 is 0. The molecule has 0 saturated carbocycles. The highest BCUT2D eigenvalue weighted by atomic mass is 127. The van der Waals surface area contributed by atoms with E-state index in [0.29, 0.717) is 18.1 Å². The Labute approximate surface area is 190 Å². The normalized spacial score (nSPS) is 22.3. The summed E-state index contributed by atoms with van der Waals surface area (Å²) in [5.41, 5.74) is 0.246. The standard InChI is InChI=1S/C22H43N3O2.HI/c1-6-23-21(24-17-22(4,5)15-18(2)3)25-12-10-19(11-13-25)27-16-20-9-7-8-14-26-20;/h18-20H,6-17H2,1-5H3,(H,23,24);1H. The molecule has 0 bridgehead atoms. The van der Waals surface area contributed by atoms with Gasteiger partial charge in [-0.05, 0) is 56.8 Å². The number of likely N-dealkylation sites (tertiary alicyclic amines) is 1. The molecule has 0 amide bonds. The van der Waals surface area contributed by atoms with Crippen LogP contribution in [0.5, 0.6) is 0 Å². The first kappa shape index (κ1) is 26.0. The Bertz CT molecular complexity index is 443. The van der Waals surface area contributed by atoms with Crippen molar-refractivity contribution in [2.24, 2.45) is 16.3 Å². The molecule has 0 spiro atoms. The molecule has 1 N–H and O–H groups in total. The first-order valence-electron chi connectivity index (χ1n) is 11.2. The van der Waals surface area contributed by atoms with Crippen molar-refractivity contribution in [1.29, 1.82) is 0 Å². The van der Waals surface area contributed by atoms with Gasteiger partial charge in [0.1, 0.15) is 0 Å². The molecule has 28 heavy (non-hydrogen) atoms. The fraction of sp³-hybridized carbons (Fsp3) is 0.955. The minimum absolute atomic E-state index is 0. The van der Waals surface area contributed by atoms with Crippen LogP contribution >= 0.6 is 24.0 Å². The van der Waals surface area contributed by atoms with E-state index in [0.717, 1.165) is 64.6 Å². The molecule has 2 saturated heterocycles. The van der Waals surface area contributed by atoms with Crippen LogP contribution in [0.1, 0.15) is 73.1 Å². The van der Waals surface area contributed by atoms with Crippen molar-refractivity contribution in [3.63, 3.8) is 0 Å². The maximum atomic E-state index is 6.16. The number of aliphatic imine (C=N–C) groups is 1. The predicted octanol–water partition coefficient (Wildman–Crippen LogP) is 4.69. The van der Waals surface area contributed by atoms with E-state index in [9.17, 15) is 0 Å². The summed E-state index contributed by atoms with van der Waals surface area (Å²) in [6.45, 7) is 16.9. The van der Waals surface area contributed by atoms with E-state index in [-0.39, 0.29) is 29.4 Å². The summed E-state index contributed by atoms with van der Waals surface area (Å²) in [6, 6.07) is 0. The van der Waals surface area contributed by atoms with Crippen molar-refractivity contribution in [2.75, 3.05) is 39.4 Å². The Morgan fingerprint density at radius 3 is 2.50 bits per heavy atom. The minimum atomic E-state index is 0. The second kappa shape index (κ2) is 13.3. The van der Waals surface area contributed by atoms with Gasteiger partial charge in [-0.2, -0.15) is 0 Å². The molecule has 0 aromatic carbocycles. The quantitative estimate of drug-likeness (QED) is 0.293. The number of hydrogen-bond donors (Lipinski definition) is 1. The first-order chi connectivity index (χ1) is 12.9. The van der Waals surface area contributed by atoms with Gasteiger partial charge in [0.2, 0.25) is 0 Å². The van der Waals surface area contributed by atoms with Gasteiger partial charge in [-0.25, -0.2) is 0 Å². The van der Waals surface area contributed by atoms with E-state index in [1.807, 2.05) is 0 Å². The van der Waals surface area contributed by atoms with Crippen LogP contribution in [0.25, 0.3) is 0 Å². The summed E-state index contributed by atoms with van der Waals surface area (Å²) in [7, 11) is 0. The van der Waals surface area contributed by atoms with Gasteiger partial charge in [0, 0.05) is 32.8 Å². The zero-order valence-corrected chi connectivity index (χ0v) is 21.2. The number of nitrogens with one attached hydrogen (secondary N) is 1. The van der Waals surface area contributed by atoms with E-state index < -0.39 is 0 Å². The van der Waals surface area contributed by atoms with Crippen molar-refractivity contribution in [2.45, 2.75) is 85.4 Å². The van der Waals surface area contributed by atoms with Crippen molar-refractivity contribution in [3.05, 3.63) is 0 Å². The van der Waals surface area contributed by atoms with Gasteiger partial charge in [-0.15, -0.1) is 24.0 Å². The maximum Gasteiger partial charge on any atom is 0.193 e. The van der Waals surface area contributed by atoms with E-state index in [2.05, 4.69) is 44.8 Å². The Hall–Kier alpha value is -0.0800. The number of piperidine rings is 1. The van der Waals surface area contributed by atoms with Gasteiger partial charge in [-0.3, -0.25) is 4.99 Å². The lowest BCUT2D eigenvalue weighted by molar-refractivity contribution is -0.0721. The molecule has 2 rings (SSSR count). The van der Waals surface area contributed by atoms with Crippen LogP contribution in [0.4, 0.5) is 0 Å². The number of rotatable bonds is 8. The lowest BCUT2D eigenvalue weighted by Gasteiger charge is -2.35. The van der Waals surface area contributed by atoms with E-state index in [1.54, 1.807) is 0 Å². The summed E-state index contributed by atoms with van der Waals surface area (Å²) in [4.78, 5) is 7.39. The van der Waals surface area contributed by atoms with Crippen molar-refractivity contribution in [1.82, 2.24) is 10.2 Å². The molecule has 2 fully saturated rings. The fourth-order valence-corrected chi connectivity index (χ4v) is 4.30. The second-order valence-electron chi connectivity index (χ2n) is 9.44. The third kappa shape index (κ3) is 9.61. The average Bonchev–Trinajstić information content (AvgIpc) is 2.64. The molecular weight excluding hydrogens is 465 g/mol. The van der Waals surface area contributed by atoms with Crippen LogP contribution in [0, 0.1) is 11.3 Å². The third-order valence-electron chi connectivity index (χ3n) is 5.49. The lowest BCUT2D eigenvalue weighted by Crippen LogP contribution is -2.47. The third-order valence-corrected chi connectivity index (χ3v) is 5.49. The zero-order valence-electron chi connectivity index (χ0n) is 18.8. The number of ether oxygens (including phenoxy) is 2. The molecule has 0 radical (unpaired) electrons. The highest BCUT2D eigenvalue weighted by Crippen LogP contribution is 2.26. The van der Waals surface area contributed by atoms with Crippen molar-refractivity contribution < 1.29 is 9.47 Å². The smallest absolute Gasteiger partial charge is 0.193 e. The molecule has 0 aliphatic carbocycles. The van der Waals surface area contributed by atoms with Crippen molar-refractivity contribution >= 4 is 29.9 Å². The highest BCUT2D eigenvalue weighted by molar-refractivity contribution is 14.0. The molecule has 0 aromatic rings. The summed E-state index contributed by atoms with van der Waals surface area (Å²) in [5.74, 6) is 1.78. The molecule has 2 heterocycles. The summed E-state index contributed by atoms with van der Waals surface area (Å²) in [5, 5.41) is 3.49. The number of guanidine groups is 1. The van der Waals surface area contributed by atoms with Gasteiger partial charge in [-0.1, -0.05) is 27.7 Å². The molecule has 1 unspecified atom stereocenters. The van der Waals surface area contributed by atoms with Crippen LogP contribution in [0.3, 0.4) is 0 Å². The van der Waals surface area contributed by atoms with Crippen LogP contribution in [0.15, 0.2) is 4.99 Å². The van der Waals surface area contributed by atoms with Gasteiger partial charge < -0.3 is 19.7 Å². The van der Waals surface area contributed by atoms with Crippen LogP contribution < -0.4 is 5.32 Å². The lowest BCUT2D eigenvalue weighted by atomic mass is 9.84. The zero-order chi connectivity index (χ0) is 19.7. The first-order valence-corrected chi connectivity index (χ1v) is 11.2. The van der Waals surface area contributed by atoms with E-state index in [4.69, 9.17) is 14.5 Å². The predicted molar refractivity (Wildman–Crippen MR) is 129 cm³/mol. The molecule has 6 heteroatoms. The fourth-order valence-electron chi connectivity index (χ4n) is 4.30. The van der Waals surface area contributed by atoms with Gasteiger partial charge in [0.15, 0.2) is 5.96 Å². The molecule has 2 aliphatic heterocycles. The topological polar surface area (TPSA) is 46.1 Å². The molecular formula is C22H44IN3O2. The Morgan fingerprint density at radius 2 is 1.93 bits per heavy atom. The second-order valence-corrected chi connectivity index (χ2v) is 9.44. The largest absolute Gasteiger partial charge is 0.376 e. The monoisotopic (exact) mass is 509 g/mol. The van der Waals surface area contributed by atoms with E-state index >= 15 is 0 Å². The molecule has 166 valence electrons. The SMILES string of the molecule is CCNC(=NCC(C)(C)CC(C)C)N1CCC(OCC2CCCCO2)CC1.I. The number of hydrogen-bond acceptors (Lipinski definition) is 3. The Balaban J connectivity index is 0.00000392. The average molecular weight is 510 g/mol. The van der Waals surface area contributed by atoms with Gasteiger partial charge in [0.05, 0.1) is 18.8 Å². The molecule has 2 aliphatic rings. The molecule has 5 nitrogen and oxygen atoms in total. The van der Waals surface area contributed by atoms with Crippen LogP contribution in [-0.4, -0.2) is 62.5 Å². The summed E-state index contributed by atoms with van der Waals surface area (Å²) < 4.78 is 11.9. The summed E-state index contributed by atoms with van der Waals surface area (Å²) in [6.07, 6.45) is 7.68. The van der Waals surface area contributed by atoms with Crippen LogP contribution in [-0.2, 0) is 9.47 Å². The Morgan fingerprint density at radius 1 is 1.21 bits per heavy atom. The molecule has 1 atom stereocenters. The van der Waals surface area contributed by atoms with E-state index in [1.165, 1.54) is 19.3 Å². The Kier molecular flexibility index (Phi) is 12.3. The maximum absolute atomic E-state index is 6.16. The van der Waals surface area contributed by atoms with Gasteiger partial charge >= 0.3 is 0 Å². The number of nitrogens with zero attached hydrogens (tertiary/aromatic N) is 2. The van der Waals surface area contributed by atoms with Crippen LogP contribution in [0.2, 0.25) is 0 Å². The number of halogens is 1. The van der Waals surface area contributed by atoms with Gasteiger partial charge in [0.25, 0.3) is 0 Å². The van der Waals surface area contributed by atoms with Crippen molar-refractivity contribution in [3.8, 4) is 0 Å².